The van der Waals surface area contributed by atoms with Crippen LogP contribution in [-0.4, -0.2) is 31.1 Å². The molecule has 0 atom stereocenters. The van der Waals surface area contributed by atoms with Crippen LogP contribution in [0.25, 0.3) is 21.8 Å². The van der Waals surface area contributed by atoms with E-state index in [1.54, 1.807) is 68.4 Å². The summed E-state index contributed by atoms with van der Waals surface area (Å²) in [5.41, 5.74) is 3.33. The molecule has 0 saturated carbocycles. The molecule has 4 aromatic carbocycles. The fraction of sp³-hybridized carbons (Fsp3) is 0.0667. The van der Waals surface area contributed by atoms with E-state index in [-0.39, 0.29) is 21.7 Å². The highest BCUT2D eigenvalue weighted by Gasteiger charge is 2.21. The summed E-state index contributed by atoms with van der Waals surface area (Å²) in [6.45, 7) is 3.59. The SMILES string of the molecule is Cc1cccc(Cl)c1C(=O)Cl.Cc1cccc(Cl)c1C(=O)n1nc(Br)c2c(F)cccc21.Fc1cccc2n[nH]c(Br)c12. The molecule has 6 aromatic rings. The van der Waals surface area contributed by atoms with Crippen LogP contribution in [0.5, 0.6) is 0 Å². The minimum atomic E-state index is -0.506. The second kappa shape index (κ2) is 14.1. The first kappa shape index (κ1) is 32.8. The van der Waals surface area contributed by atoms with E-state index < -0.39 is 11.1 Å². The lowest BCUT2D eigenvalue weighted by molar-refractivity contribution is 0.0949. The van der Waals surface area contributed by atoms with Crippen molar-refractivity contribution in [2.45, 2.75) is 13.8 Å². The van der Waals surface area contributed by atoms with Crippen molar-refractivity contribution in [2.75, 3.05) is 0 Å². The van der Waals surface area contributed by atoms with Gasteiger partial charge in [0.15, 0.2) is 0 Å². The van der Waals surface area contributed by atoms with Crippen LogP contribution in [0.3, 0.4) is 0 Å². The average molecular weight is 772 g/mol. The van der Waals surface area contributed by atoms with Gasteiger partial charge in [0.05, 0.1) is 43.0 Å². The molecule has 0 aliphatic carbocycles. The molecule has 6 nitrogen and oxygen atoms in total. The highest BCUT2D eigenvalue weighted by atomic mass is 79.9. The van der Waals surface area contributed by atoms with Crippen LogP contribution in [-0.2, 0) is 0 Å². The summed E-state index contributed by atoms with van der Waals surface area (Å²) in [5.74, 6) is -1.09. The third kappa shape index (κ3) is 7.16. The number of nitrogens with zero attached hydrogens (tertiary/aromatic N) is 3. The Morgan fingerprint density at radius 1 is 0.791 bits per heavy atom. The van der Waals surface area contributed by atoms with Crippen molar-refractivity contribution >= 4 is 99.6 Å². The van der Waals surface area contributed by atoms with Gasteiger partial charge in [-0.15, -0.1) is 0 Å². The topological polar surface area (TPSA) is 80.6 Å². The van der Waals surface area contributed by atoms with E-state index in [1.807, 2.05) is 0 Å². The van der Waals surface area contributed by atoms with Crippen LogP contribution >= 0.6 is 66.7 Å². The Kier molecular flexibility index (Phi) is 10.7. The molecule has 0 fully saturated rings. The lowest BCUT2D eigenvalue weighted by atomic mass is 10.1. The maximum absolute atomic E-state index is 13.9. The number of carbonyl (C=O) groups is 2. The van der Waals surface area contributed by atoms with Gasteiger partial charge in [-0.1, -0.05) is 59.6 Å². The average Bonchev–Trinajstić information content (AvgIpc) is 3.50. The van der Waals surface area contributed by atoms with Crippen molar-refractivity contribution in [1.82, 2.24) is 20.0 Å². The Bertz CT molecular complexity index is 1960. The fourth-order valence-corrected chi connectivity index (χ4v) is 6.06. The summed E-state index contributed by atoms with van der Waals surface area (Å²) in [6.07, 6.45) is 0. The van der Waals surface area contributed by atoms with Crippen molar-refractivity contribution in [1.29, 1.82) is 0 Å². The lowest BCUT2D eigenvalue weighted by Crippen LogP contribution is -2.15. The second-order valence-electron chi connectivity index (χ2n) is 8.95. The van der Waals surface area contributed by atoms with Crippen molar-refractivity contribution in [3.63, 3.8) is 0 Å². The molecular formula is C30H19Br2Cl3F2N4O2. The van der Waals surface area contributed by atoms with Crippen LogP contribution in [0.2, 0.25) is 10.0 Å². The molecule has 220 valence electrons. The molecule has 6 rings (SSSR count). The van der Waals surface area contributed by atoms with E-state index in [0.717, 1.165) is 15.8 Å². The second-order valence-corrected chi connectivity index (χ2v) is 11.7. The van der Waals surface area contributed by atoms with Gasteiger partial charge in [0.25, 0.3) is 11.1 Å². The van der Waals surface area contributed by atoms with Gasteiger partial charge in [-0.25, -0.2) is 8.78 Å². The van der Waals surface area contributed by atoms with Crippen molar-refractivity contribution in [3.05, 3.63) is 126 Å². The van der Waals surface area contributed by atoms with Gasteiger partial charge in [-0.3, -0.25) is 14.7 Å². The van der Waals surface area contributed by atoms with Gasteiger partial charge in [0.2, 0.25) is 0 Å². The normalized spacial score (nSPS) is 10.6. The van der Waals surface area contributed by atoms with Gasteiger partial charge in [0.1, 0.15) is 20.8 Å². The summed E-state index contributed by atoms with van der Waals surface area (Å²) in [4.78, 5) is 23.5. The number of rotatable bonds is 2. The van der Waals surface area contributed by atoms with E-state index in [1.165, 1.54) is 18.2 Å². The quantitative estimate of drug-likeness (QED) is 0.178. The number of halogens is 7. The third-order valence-electron chi connectivity index (χ3n) is 6.15. The number of aromatic nitrogens is 4. The zero-order chi connectivity index (χ0) is 31.4. The van der Waals surface area contributed by atoms with E-state index >= 15 is 0 Å². The summed E-state index contributed by atoms with van der Waals surface area (Å²) >= 11 is 23.5. The number of aryl methyl sites for hydroxylation is 2. The summed E-state index contributed by atoms with van der Waals surface area (Å²) < 4.78 is 28.9. The number of aromatic amines is 1. The number of nitrogens with one attached hydrogen (secondary N) is 1. The Balaban J connectivity index is 0.000000162. The standard InChI is InChI=1S/C15H9BrClFN2O.C8H6Cl2O.C7H4BrFN2/c1-8-4-2-5-9(17)12(8)15(21)20-11-7-3-6-10(18)13(11)14(16)19-20;1-5-3-2-4-6(9)7(5)8(10)11;8-7-6-4(9)2-1-3-5(6)10-11-7/h2-7H,1H3;2-4H,1H3;1-3H,(H,10,11). The smallest absolute Gasteiger partial charge is 0.276 e. The number of carbonyl (C=O) groups excluding carboxylic acids is 2. The molecule has 0 saturated heterocycles. The maximum atomic E-state index is 13.9. The third-order valence-corrected chi connectivity index (χ3v) is 8.09. The number of H-pyrrole nitrogens is 1. The molecule has 1 N–H and O–H groups in total. The molecule has 0 radical (unpaired) electrons. The monoisotopic (exact) mass is 768 g/mol. The van der Waals surface area contributed by atoms with Crippen LogP contribution in [0, 0.1) is 25.5 Å². The maximum Gasteiger partial charge on any atom is 0.280 e. The van der Waals surface area contributed by atoms with E-state index in [2.05, 4.69) is 47.2 Å². The van der Waals surface area contributed by atoms with Gasteiger partial charge in [-0.2, -0.15) is 14.9 Å². The largest absolute Gasteiger partial charge is 0.280 e. The van der Waals surface area contributed by atoms with Crippen molar-refractivity contribution in [2.24, 2.45) is 0 Å². The summed E-state index contributed by atoms with van der Waals surface area (Å²) in [5, 5.41) is 11.6. The molecule has 13 heteroatoms. The minimum absolute atomic E-state index is 0.261. The Morgan fingerprint density at radius 2 is 1.33 bits per heavy atom. The lowest BCUT2D eigenvalue weighted by Gasteiger charge is -2.07. The molecular weight excluding hydrogens is 753 g/mol. The molecule has 0 unspecified atom stereocenters. The first-order valence-corrected chi connectivity index (χ1v) is 15.0. The number of hydrogen-bond acceptors (Lipinski definition) is 4. The minimum Gasteiger partial charge on any atom is -0.276 e. The van der Waals surface area contributed by atoms with Crippen LogP contribution < -0.4 is 0 Å². The predicted molar refractivity (Wildman–Crippen MR) is 173 cm³/mol. The Hall–Kier alpha value is -3.15. The Morgan fingerprint density at radius 3 is 1.86 bits per heavy atom. The van der Waals surface area contributed by atoms with Gasteiger partial charge < -0.3 is 0 Å². The first-order chi connectivity index (χ1) is 20.4. The first-order valence-electron chi connectivity index (χ1n) is 12.3. The zero-order valence-corrected chi connectivity index (χ0v) is 27.7. The van der Waals surface area contributed by atoms with Gasteiger partial charge in [-0.05, 0) is 105 Å². The number of benzene rings is 4. The highest BCUT2D eigenvalue weighted by Crippen LogP contribution is 2.29. The fourth-order valence-electron chi connectivity index (χ4n) is 4.12. The van der Waals surface area contributed by atoms with Crippen LogP contribution in [0.1, 0.15) is 31.8 Å². The molecule has 0 spiro atoms. The highest BCUT2D eigenvalue weighted by molar-refractivity contribution is 9.10. The molecule has 0 amide bonds. The van der Waals surface area contributed by atoms with Gasteiger partial charge in [0, 0.05) is 0 Å². The Labute approximate surface area is 276 Å². The molecule has 2 aromatic heterocycles. The van der Waals surface area contributed by atoms with E-state index in [4.69, 9.17) is 34.8 Å². The summed E-state index contributed by atoms with van der Waals surface area (Å²) in [6, 6.07) is 19.7. The molecule has 0 aliphatic rings. The molecule has 0 bridgehead atoms. The summed E-state index contributed by atoms with van der Waals surface area (Å²) in [7, 11) is 0. The number of fused-ring (bicyclic) bond motifs is 2. The van der Waals surface area contributed by atoms with Gasteiger partial charge >= 0.3 is 0 Å². The van der Waals surface area contributed by atoms with E-state index in [0.29, 0.717) is 42.2 Å². The van der Waals surface area contributed by atoms with Crippen molar-refractivity contribution in [3.8, 4) is 0 Å². The molecule has 0 aliphatic heterocycles. The van der Waals surface area contributed by atoms with Crippen LogP contribution in [0.15, 0.2) is 82.0 Å². The predicted octanol–water partition coefficient (Wildman–Crippen LogP) is 10.1. The molecule has 2 heterocycles. The number of hydrogen-bond donors (Lipinski definition) is 1. The van der Waals surface area contributed by atoms with Crippen LogP contribution in [0.4, 0.5) is 8.78 Å². The molecule has 43 heavy (non-hydrogen) atoms. The van der Waals surface area contributed by atoms with Crippen molar-refractivity contribution < 1.29 is 18.4 Å². The zero-order valence-electron chi connectivity index (χ0n) is 22.2. The van der Waals surface area contributed by atoms with E-state index in [9.17, 15) is 18.4 Å².